The SMILES string of the molecule is O=C(CN1CCN(C(=O)c2ccccc2)CC1)N1CCN(c2cccc(C(F)(F)F)c2)CC1. The molecule has 176 valence electrons. The number of nitrogens with zero attached hydrogens (tertiary/aromatic N) is 4. The molecule has 4 rings (SSSR count). The van der Waals surface area contributed by atoms with Gasteiger partial charge in [-0.15, -0.1) is 0 Å². The molecule has 0 atom stereocenters. The summed E-state index contributed by atoms with van der Waals surface area (Å²) in [4.78, 5) is 32.8. The molecule has 0 saturated carbocycles. The van der Waals surface area contributed by atoms with Crippen molar-refractivity contribution in [2.75, 3.05) is 63.8 Å². The molecule has 6 nitrogen and oxygen atoms in total. The molecule has 2 heterocycles. The topological polar surface area (TPSA) is 47.1 Å². The zero-order valence-electron chi connectivity index (χ0n) is 18.3. The van der Waals surface area contributed by atoms with Crippen molar-refractivity contribution < 1.29 is 22.8 Å². The predicted octanol–water partition coefficient (Wildman–Crippen LogP) is 2.81. The Morgan fingerprint density at radius 1 is 0.758 bits per heavy atom. The van der Waals surface area contributed by atoms with Crippen LogP contribution in [0.25, 0.3) is 0 Å². The fourth-order valence-corrected chi connectivity index (χ4v) is 4.26. The van der Waals surface area contributed by atoms with Gasteiger partial charge in [-0.2, -0.15) is 13.2 Å². The third-order valence-corrected chi connectivity index (χ3v) is 6.21. The first-order valence-electron chi connectivity index (χ1n) is 11.1. The minimum atomic E-state index is -4.37. The lowest BCUT2D eigenvalue weighted by atomic mass is 10.1. The van der Waals surface area contributed by atoms with Gasteiger partial charge >= 0.3 is 6.18 Å². The molecule has 0 spiro atoms. The van der Waals surface area contributed by atoms with Crippen LogP contribution in [0.2, 0.25) is 0 Å². The molecule has 2 fully saturated rings. The van der Waals surface area contributed by atoms with Crippen LogP contribution in [0.5, 0.6) is 0 Å². The summed E-state index contributed by atoms with van der Waals surface area (Å²) in [6.45, 7) is 4.64. The summed E-state index contributed by atoms with van der Waals surface area (Å²) in [6.07, 6.45) is -4.37. The maximum absolute atomic E-state index is 13.0. The van der Waals surface area contributed by atoms with E-state index in [4.69, 9.17) is 0 Å². The van der Waals surface area contributed by atoms with E-state index < -0.39 is 11.7 Å². The van der Waals surface area contributed by atoms with Crippen LogP contribution in [0, 0.1) is 0 Å². The molecule has 2 saturated heterocycles. The fourth-order valence-electron chi connectivity index (χ4n) is 4.26. The summed E-state index contributed by atoms with van der Waals surface area (Å²) < 4.78 is 38.9. The predicted molar refractivity (Wildman–Crippen MR) is 119 cm³/mol. The molecule has 0 aromatic heterocycles. The van der Waals surface area contributed by atoms with Gasteiger partial charge in [-0.25, -0.2) is 0 Å². The zero-order chi connectivity index (χ0) is 23.4. The van der Waals surface area contributed by atoms with Gasteiger partial charge in [-0.05, 0) is 30.3 Å². The van der Waals surface area contributed by atoms with Crippen molar-refractivity contribution in [2.24, 2.45) is 0 Å². The Morgan fingerprint density at radius 3 is 2.03 bits per heavy atom. The minimum absolute atomic E-state index is 0.00675. The second kappa shape index (κ2) is 9.82. The van der Waals surface area contributed by atoms with E-state index in [1.54, 1.807) is 23.1 Å². The molecule has 2 aromatic rings. The molecule has 33 heavy (non-hydrogen) atoms. The van der Waals surface area contributed by atoms with Crippen molar-refractivity contribution in [2.45, 2.75) is 6.18 Å². The maximum atomic E-state index is 13.0. The van der Waals surface area contributed by atoms with Gasteiger partial charge < -0.3 is 14.7 Å². The average molecular weight is 461 g/mol. The lowest BCUT2D eigenvalue weighted by Gasteiger charge is -2.38. The van der Waals surface area contributed by atoms with E-state index in [2.05, 4.69) is 4.90 Å². The van der Waals surface area contributed by atoms with Gasteiger partial charge in [0.2, 0.25) is 5.91 Å². The van der Waals surface area contributed by atoms with Crippen LogP contribution in [0.1, 0.15) is 15.9 Å². The third kappa shape index (κ3) is 5.65. The lowest BCUT2D eigenvalue weighted by Crippen LogP contribution is -2.54. The normalized spacial score (nSPS) is 17.8. The second-order valence-corrected chi connectivity index (χ2v) is 8.35. The van der Waals surface area contributed by atoms with Crippen LogP contribution in [-0.4, -0.2) is 85.4 Å². The maximum Gasteiger partial charge on any atom is 0.416 e. The molecular weight excluding hydrogens is 433 g/mol. The van der Waals surface area contributed by atoms with Crippen molar-refractivity contribution in [3.8, 4) is 0 Å². The summed E-state index contributed by atoms with van der Waals surface area (Å²) in [7, 11) is 0. The Balaban J connectivity index is 1.24. The number of anilines is 1. The molecule has 0 aliphatic carbocycles. The molecular formula is C24H27F3N4O2. The summed E-state index contributed by atoms with van der Waals surface area (Å²) in [5, 5.41) is 0. The number of hydrogen-bond acceptors (Lipinski definition) is 4. The van der Waals surface area contributed by atoms with Crippen molar-refractivity contribution in [3.63, 3.8) is 0 Å². The molecule has 2 aromatic carbocycles. The number of piperazine rings is 2. The van der Waals surface area contributed by atoms with Crippen molar-refractivity contribution in [1.29, 1.82) is 0 Å². The number of alkyl halides is 3. The first kappa shape index (κ1) is 23.1. The Bertz CT molecular complexity index is 967. The van der Waals surface area contributed by atoms with Crippen molar-refractivity contribution in [1.82, 2.24) is 14.7 Å². The van der Waals surface area contributed by atoms with Crippen LogP contribution in [0.3, 0.4) is 0 Å². The monoisotopic (exact) mass is 460 g/mol. The molecule has 0 N–H and O–H groups in total. The largest absolute Gasteiger partial charge is 0.416 e. The summed E-state index contributed by atoms with van der Waals surface area (Å²) in [6, 6.07) is 14.5. The Hall–Kier alpha value is -3.07. The third-order valence-electron chi connectivity index (χ3n) is 6.21. The number of amides is 2. The van der Waals surface area contributed by atoms with Crippen molar-refractivity contribution in [3.05, 3.63) is 65.7 Å². The number of benzene rings is 2. The lowest BCUT2D eigenvalue weighted by molar-refractivity contribution is -0.137. The minimum Gasteiger partial charge on any atom is -0.368 e. The molecule has 0 radical (unpaired) electrons. The molecule has 0 bridgehead atoms. The van der Waals surface area contributed by atoms with E-state index in [-0.39, 0.29) is 18.4 Å². The van der Waals surface area contributed by atoms with E-state index in [0.717, 1.165) is 12.1 Å². The van der Waals surface area contributed by atoms with Crippen LogP contribution in [0.15, 0.2) is 54.6 Å². The highest BCUT2D eigenvalue weighted by Gasteiger charge is 2.31. The molecule has 2 amide bonds. The fraction of sp³-hybridized carbons (Fsp3) is 0.417. The highest BCUT2D eigenvalue weighted by molar-refractivity contribution is 5.94. The molecule has 2 aliphatic heterocycles. The highest BCUT2D eigenvalue weighted by Crippen LogP contribution is 2.31. The average Bonchev–Trinajstić information content (AvgIpc) is 2.84. The quantitative estimate of drug-likeness (QED) is 0.704. The molecule has 9 heteroatoms. The van der Waals surface area contributed by atoms with E-state index in [1.807, 2.05) is 28.0 Å². The van der Waals surface area contributed by atoms with Gasteiger partial charge in [0.15, 0.2) is 0 Å². The molecule has 2 aliphatic rings. The van der Waals surface area contributed by atoms with E-state index >= 15 is 0 Å². The number of carbonyl (C=O) groups is 2. The number of carbonyl (C=O) groups excluding carboxylic acids is 2. The zero-order valence-corrected chi connectivity index (χ0v) is 18.3. The van der Waals surface area contributed by atoms with Crippen LogP contribution >= 0.6 is 0 Å². The number of hydrogen-bond donors (Lipinski definition) is 0. The first-order valence-corrected chi connectivity index (χ1v) is 11.1. The van der Waals surface area contributed by atoms with E-state index in [0.29, 0.717) is 63.6 Å². The van der Waals surface area contributed by atoms with Crippen LogP contribution in [-0.2, 0) is 11.0 Å². The smallest absolute Gasteiger partial charge is 0.368 e. The number of rotatable bonds is 4. The van der Waals surface area contributed by atoms with E-state index in [1.165, 1.54) is 6.07 Å². The second-order valence-electron chi connectivity index (χ2n) is 8.35. The summed E-state index contributed by atoms with van der Waals surface area (Å²) >= 11 is 0. The van der Waals surface area contributed by atoms with Crippen molar-refractivity contribution >= 4 is 17.5 Å². The Labute approximate surface area is 191 Å². The van der Waals surface area contributed by atoms with Gasteiger partial charge in [-0.3, -0.25) is 14.5 Å². The summed E-state index contributed by atoms with van der Waals surface area (Å²) in [5.74, 6) is 0.0221. The van der Waals surface area contributed by atoms with Gasteiger partial charge in [0.1, 0.15) is 0 Å². The van der Waals surface area contributed by atoms with Crippen LogP contribution in [0.4, 0.5) is 18.9 Å². The van der Waals surface area contributed by atoms with Gasteiger partial charge in [0.05, 0.1) is 12.1 Å². The Morgan fingerprint density at radius 2 is 1.39 bits per heavy atom. The van der Waals surface area contributed by atoms with Gasteiger partial charge in [0.25, 0.3) is 5.91 Å². The molecule has 0 unspecified atom stereocenters. The van der Waals surface area contributed by atoms with Gasteiger partial charge in [-0.1, -0.05) is 24.3 Å². The van der Waals surface area contributed by atoms with Crippen LogP contribution < -0.4 is 4.90 Å². The standard InChI is InChI=1S/C24H27F3N4O2/c25-24(26,27)20-7-4-8-21(17-20)29-13-15-30(16-14-29)22(32)18-28-9-11-31(12-10-28)23(33)19-5-2-1-3-6-19/h1-8,17H,9-16,18H2. The number of halogens is 3. The van der Waals surface area contributed by atoms with Gasteiger partial charge in [0, 0.05) is 63.6 Å². The summed E-state index contributed by atoms with van der Waals surface area (Å²) in [5.41, 5.74) is 0.528. The Kier molecular flexibility index (Phi) is 6.88. The first-order chi connectivity index (χ1) is 15.8. The van der Waals surface area contributed by atoms with E-state index in [9.17, 15) is 22.8 Å². The highest BCUT2D eigenvalue weighted by atomic mass is 19.4.